The maximum Gasteiger partial charge on any atom is 0.309 e. The van der Waals surface area contributed by atoms with Crippen LogP contribution in [0.2, 0.25) is 5.02 Å². The van der Waals surface area contributed by atoms with E-state index in [1.54, 1.807) is 13.8 Å². The van der Waals surface area contributed by atoms with Gasteiger partial charge in [-0.1, -0.05) is 77.8 Å². The Morgan fingerprint density at radius 2 is 1.63 bits per heavy atom. The first-order valence-corrected chi connectivity index (χ1v) is 20.3. The molecule has 0 radical (unpaired) electrons. The van der Waals surface area contributed by atoms with E-state index in [0.717, 1.165) is 75.1 Å². The van der Waals surface area contributed by atoms with E-state index < -0.39 is 17.4 Å². The number of ketones is 1. The van der Waals surface area contributed by atoms with Crippen LogP contribution in [0, 0.1) is 56.2 Å². The number of halogens is 1. The summed E-state index contributed by atoms with van der Waals surface area (Å²) >= 11 is 6.12. The van der Waals surface area contributed by atoms with Gasteiger partial charge in [0.25, 0.3) is 0 Å². The van der Waals surface area contributed by atoms with Crippen LogP contribution in [-0.4, -0.2) is 35.5 Å². The SMILES string of the molecule is CC(C)C1=C2C3CC[C@@H]4[C@@]5(C)CC[C@H](OC(=O)CC(C)(C)C(=O)O)C(C)(C)[C@@H]5CC[C@@]4(C)[C@]3(C)CC[C@@]2(CCNCc2ccc(Cl)cc2)CC1=O. The van der Waals surface area contributed by atoms with Gasteiger partial charge in [0.05, 0.1) is 11.8 Å². The molecule has 5 aliphatic carbocycles. The molecule has 8 atom stereocenters. The molecule has 7 heteroatoms. The first kappa shape index (κ1) is 38.5. The lowest BCUT2D eigenvalue weighted by Gasteiger charge is -2.72. The molecule has 0 heterocycles. The first-order chi connectivity index (χ1) is 23.7. The normalized spacial score (nSPS) is 37.4. The summed E-state index contributed by atoms with van der Waals surface area (Å²) in [4.78, 5) is 38.8. The third kappa shape index (κ3) is 6.24. The van der Waals surface area contributed by atoms with Crippen molar-refractivity contribution >= 4 is 29.3 Å². The van der Waals surface area contributed by atoms with Crippen molar-refractivity contribution in [1.29, 1.82) is 0 Å². The van der Waals surface area contributed by atoms with Crippen molar-refractivity contribution in [2.24, 2.45) is 56.2 Å². The highest BCUT2D eigenvalue weighted by Gasteiger charge is 2.70. The third-order valence-electron chi connectivity index (χ3n) is 16.0. The fraction of sp³-hybridized carbons (Fsp3) is 0.750. The van der Waals surface area contributed by atoms with Crippen molar-refractivity contribution in [3.05, 3.63) is 46.0 Å². The number of carbonyl (C=O) groups excluding carboxylic acids is 2. The number of aliphatic carboxylic acids is 1. The number of fused-ring (bicyclic) bond motifs is 7. The van der Waals surface area contributed by atoms with Gasteiger partial charge in [0.15, 0.2) is 5.78 Å². The van der Waals surface area contributed by atoms with Gasteiger partial charge in [-0.05, 0) is 141 Å². The molecule has 6 rings (SSSR count). The predicted molar refractivity (Wildman–Crippen MR) is 203 cm³/mol. The maximum atomic E-state index is 14.0. The van der Waals surface area contributed by atoms with Gasteiger partial charge in [-0.3, -0.25) is 14.4 Å². The van der Waals surface area contributed by atoms with E-state index in [2.05, 4.69) is 65.9 Å². The van der Waals surface area contributed by atoms with E-state index in [-0.39, 0.29) is 45.5 Å². The number of ether oxygens (including phenoxy) is 1. The average molecular weight is 722 g/mol. The van der Waals surface area contributed by atoms with Crippen LogP contribution in [0.5, 0.6) is 0 Å². The summed E-state index contributed by atoms with van der Waals surface area (Å²) in [6, 6.07) is 8.06. The molecule has 0 saturated heterocycles. The molecule has 5 aliphatic rings. The quantitative estimate of drug-likeness (QED) is 0.185. The second kappa shape index (κ2) is 13.3. The minimum absolute atomic E-state index is 0.0444. The Bertz CT molecular complexity index is 1580. The van der Waals surface area contributed by atoms with Gasteiger partial charge in [-0.25, -0.2) is 0 Å². The molecule has 0 aliphatic heterocycles. The Balaban J connectivity index is 1.24. The Morgan fingerprint density at radius 3 is 2.27 bits per heavy atom. The van der Waals surface area contributed by atoms with Crippen LogP contribution in [-0.2, 0) is 25.7 Å². The number of rotatable bonds is 10. The molecule has 2 N–H and O–H groups in total. The molecule has 1 aromatic rings. The Kier molecular flexibility index (Phi) is 10.0. The molecule has 0 spiro atoms. The molecule has 282 valence electrons. The molecule has 0 aromatic heterocycles. The second-order valence-electron chi connectivity index (χ2n) is 19.7. The van der Waals surface area contributed by atoms with Crippen molar-refractivity contribution in [1.82, 2.24) is 5.32 Å². The summed E-state index contributed by atoms with van der Waals surface area (Å²) in [7, 11) is 0. The van der Waals surface area contributed by atoms with Crippen LogP contribution in [0.1, 0.15) is 139 Å². The largest absolute Gasteiger partial charge is 0.481 e. The highest BCUT2D eigenvalue weighted by atomic mass is 35.5. The number of hydrogen-bond donors (Lipinski definition) is 2. The van der Waals surface area contributed by atoms with E-state index in [1.807, 2.05) is 12.1 Å². The molecule has 1 aromatic carbocycles. The molecule has 6 nitrogen and oxygen atoms in total. The van der Waals surface area contributed by atoms with Gasteiger partial charge in [0.2, 0.25) is 0 Å². The summed E-state index contributed by atoms with van der Waals surface area (Å²) in [6.45, 7) is 21.7. The zero-order valence-corrected chi connectivity index (χ0v) is 33.6. The molecule has 4 saturated carbocycles. The van der Waals surface area contributed by atoms with Crippen molar-refractivity contribution in [3.8, 4) is 0 Å². The Hall–Kier alpha value is -2.18. The number of carboxylic acids is 1. The number of carbonyl (C=O) groups is 3. The minimum atomic E-state index is -1.15. The molecular formula is C44H64ClNO5. The standard InChI is InChI=1S/C44H64ClNO5/c1-27(2)36-31(47)24-44(22-23-46-26-28-10-12-29(45)13-11-28)21-20-42(8)30(37(36)44)14-15-33-41(7)18-17-34(51-35(48)25-39(3,4)38(49)50)40(5,6)32(41)16-19-43(33,42)9/h10-13,27,30,32-34,46H,14-26H2,1-9H3,(H,49,50)/t30?,32-,33+,34-,41-,42+,43+,44+/m0/s1. The number of carboxylic acid groups (broad SMARTS) is 1. The van der Waals surface area contributed by atoms with Gasteiger partial charge < -0.3 is 15.2 Å². The fourth-order valence-electron chi connectivity index (χ4n) is 13.0. The van der Waals surface area contributed by atoms with Crippen LogP contribution < -0.4 is 5.32 Å². The van der Waals surface area contributed by atoms with Crippen LogP contribution in [0.25, 0.3) is 0 Å². The molecule has 4 fully saturated rings. The number of esters is 1. The second-order valence-corrected chi connectivity index (χ2v) is 20.2. The Morgan fingerprint density at radius 1 is 0.941 bits per heavy atom. The monoisotopic (exact) mass is 721 g/mol. The summed E-state index contributed by atoms with van der Waals surface area (Å²) < 4.78 is 6.18. The van der Waals surface area contributed by atoms with Crippen LogP contribution in [0.15, 0.2) is 35.4 Å². The summed E-state index contributed by atoms with van der Waals surface area (Å²) in [5.41, 5.74) is 2.89. The van der Waals surface area contributed by atoms with E-state index in [4.69, 9.17) is 16.3 Å². The Labute approximate surface area is 312 Å². The number of nitrogens with one attached hydrogen (secondary N) is 1. The third-order valence-corrected chi connectivity index (χ3v) is 16.2. The zero-order chi connectivity index (χ0) is 37.4. The van der Waals surface area contributed by atoms with Crippen LogP contribution in [0.3, 0.4) is 0 Å². The van der Waals surface area contributed by atoms with Crippen LogP contribution in [0.4, 0.5) is 0 Å². The lowest BCUT2D eigenvalue weighted by Crippen LogP contribution is -2.65. The van der Waals surface area contributed by atoms with Gasteiger partial charge in [-0.2, -0.15) is 0 Å². The summed E-state index contributed by atoms with van der Waals surface area (Å²) in [5.74, 6) is 0.647. The first-order valence-electron chi connectivity index (χ1n) is 19.9. The smallest absolute Gasteiger partial charge is 0.309 e. The van der Waals surface area contributed by atoms with E-state index in [9.17, 15) is 19.5 Å². The molecule has 1 unspecified atom stereocenters. The van der Waals surface area contributed by atoms with Gasteiger partial charge in [0.1, 0.15) is 6.10 Å². The minimum Gasteiger partial charge on any atom is -0.481 e. The van der Waals surface area contributed by atoms with Crippen molar-refractivity contribution in [2.75, 3.05) is 6.54 Å². The molecule has 0 bridgehead atoms. The van der Waals surface area contributed by atoms with Gasteiger partial charge in [0, 0.05) is 28.8 Å². The van der Waals surface area contributed by atoms with Crippen molar-refractivity contribution in [2.45, 2.75) is 146 Å². The lowest BCUT2D eigenvalue weighted by molar-refractivity contribution is -0.233. The number of Topliss-reactive ketones (excluding diaryl/α,β-unsaturated/α-hetero) is 1. The van der Waals surface area contributed by atoms with Gasteiger partial charge in [-0.15, -0.1) is 0 Å². The van der Waals surface area contributed by atoms with E-state index in [0.29, 0.717) is 30.0 Å². The molecule has 0 amide bonds. The molecule has 51 heavy (non-hydrogen) atoms. The summed E-state index contributed by atoms with van der Waals surface area (Å²) in [6.07, 6.45) is 9.98. The number of benzene rings is 1. The van der Waals surface area contributed by atoms with E-state index >= 15 is 0 Å². The highest BCUT2D eigenvalue weighted by Crippen LogP contribution is 2.77. The summed E-state index contributed by atoms with van der Waals surface area (Å²) in [5, 5.41) is 14.1. The van der Waals surface area contributed by atoms with Gasteiger partial charge >= 0.3 is 11.9 Å². The topological polar surface area (TPSA) is 92.7 Å². The van der Waals surface area contributed by atoms with Crippen LogP contribution >= 0.6 is 11.6 Å². The lowest BCUT2D eigenvalue weighted by atomic mass is 9.33. The maximum absolute atomic E-state index is 14.0. The van der Waals surface area contributed by atoms with Crippen molar-refractivity contribution in [3.63, 3.8) is 0 Å². The number of allylic oxidation sites excluding steroid dienone is 2. The zero-order valence-electron chi connectivity index (χ0n) is 32.8. The average Bonchev–Trinajstić information content (AvgIpc) is 3.34. The highest BCUT2D eigenvalue weighted by molar-refractivity contribution is 6.30. The van der Waals surface area contributed by atoms with E-state index in [1.165, 1.54) is 17.6 Å². The van der Waals surface area contributed by atoms with Crippen molar-refractivity contribution < 1.29 is 24.2 Å². The number of hydrogen-bond acceptors (Lipinski definition) is 5. The predicted octanol–water partition coefficient (Wildman–Crippen LogP) is 10.2. The fourth-order valence-corrected chi connectivity index (χ4v) is 13.2. The molecular weight excluding hydrogens is 658 g/mol.